The van der Waals surface area contributed by atoms with Gasteiger partial charge in [-0.3, -0.25) is 0 Å². The number of benzene rings is 2. The molecule has 1 N–H and O–H groups in total. The number of rotatable bonds is 6. The molecule has 2 aromatic rings. The van der Waals surface area contributed by atoms with Crippen molar-refractivity contribution in [1.29, 1.82) is 0 Å². The summed E-state index contributed by atoms with van der Waals surface area (Å²) in [6, 6.07) is 15.3. The molecule has 2 rings (SSSR count). The van der Waals surface area contributed by atoms with Gasteiger partial charge in [0.15, 0.2) is 0 Å². The van der Waals surface area contributed by atoms with Crippen LogP contribution in [0.5, 0.6) is 5.75 Å². The first-order valence-corrected chi connectivity index (χ1v) is 8.39. The van der Waals surface area contributed by atoms with Crippen LogP contribution in [0, 0.1) is 0 Å². The molecule has 100 valence electrons. The molecule has 0 unspecified atom stereocenters. The topological polar surface area (TPSA) is 20.2 Å². The van der Waals surface area contributed by atoms with Crippen molar-refractivity contribution in [2.24, 2.45) is 0 Å². The molecular formula is C15H15ClOS2. The van der Waals surface area contributed by atoms with E-state index in [1.165, 1.54) is 9.79 Å². The number of halogens is 1. The van der Waals surface area contributed by atoms with Gasteiger partial charge in [0, 0.05) is 14.8 Å². The lowest BCUT2D eigenvalue weighted by molar-refractivity contribution is 0.475. The number of hydrogen-bond donors (Lipinski definition) is 1. The molecule has 0 spiro atoms. The monoisotopic (exact) mass is 310 g/mol. The summed E-state index contributed by atoms with van der Waals surface area (Å²) in [7, 11) is 0. The summed E-state index contributed by atoms with van der Waals surface area (Å²) in [6.07, 6.45) is 1.15. The summed E-state index contributed by atoms with van der Waals surface area (Å²) in [6.45, 7) is 0. The van der Waals surface area contributed by atoms with Gasteiger partial charge in [-0.15, -0.1) is 23.5 Å². The highest BCUT2D eigenvalue weighted by molar-refractivity contribution is 8.00. The van der Waals surface area contributed by atoms with E-state index < -0.39 is 0 Å². The van der Waals surface area contributed by atoms with Gasteiger partial charge in [0.05, 0.1) is 0 Å². The third-order valence-electron chi connectivity index (χ3n) is 2.48. The molecule has 0 atom stereocenters. The van der Waals surface area contributed by atoms with Crippen LogP contribution in [-0.2, 0) is 0 Å². The van der Waals surface area contributed by atoms with E-state index in [1.807, 2.05) is 47.8 Å². The third kappa shape index (κ3) is 5.39. The number of phenolic OH excluding ortho intramolecular Hbond substituents is 1. The molecule has 2 aromatic carbocycles. The second-order valence-corrected chi connectivity index (χ2v) is 6.77. The summed E-state index contributed by atoms with van der Waals surface area (Å²) in [4.78, 5) is 2.47. The van der Waals surface area contributed by atoms with Gasteiger partial charge < -0.3 is 5.11 Å². The Bertz CT molecular complexity index is 449. The average molecular weight is 311 g/mol. The molecular weight excluding hydrogens is 296 g/mol. The fourth-order valence-electron chi connectivity index (χ4n) is 1.51. The van der Waals surface area contributed by atoms with E-state index in [0.29, 0.717) is 5.75 Å². The predicted molar refractivity (Wildman–Crippen MR) is 85.6 cm³/mol. The highest BCUT2D eigenvalue weighted by Gasteiger charge is 1.97. The normalized spacial score (nSPS) is 10.6. The van der Waals surface area contributed by atoms with Gasteiger partial charge in [0.1, 0.15) is 5.75 Å². The van der Waals surface area contributed by atoms with Crippen LogP contribution < -0.4 is 0 Å². The first-order chi connectivity index (χ1) is 9.24. The molecule has 4 heteroatoms. The van der Waals surface area contributed by atoms with E-state index >= 15 is 0 Å². The lowest BCUT2D eigenvalue weighted by atomic mass is 10.3. The van der Waals surface area contributed by atoms with E-state index in [4.69, 9.17) is 11.6 Å². The van der Waals surface area contributed by atoms with Gasteiger partial charge in [-0.2, -0.15) is 0 Å². The molecule has 0 heterocycles. The van der Waals surface area contributed by atoms with E-state index in [1.54, 1.807) is 12.1 Å². The summed E-state index contributed by atoms with van der Waals surface area (Å²) in [5, 5.41) is 9.97. The van der Waals surface area contributed by atoms with Crippen LogP contribution in [-0.4, -0.2) is 16.6 Å². The maximum absolute atomic E-state index is 9.19. The maximum atomic E-state index is 9.19. The van der Waals surface area contributed by atoms with Gasteiger partial charge in [-0.05, 0) is 66.5 Å². The van der Waals surface area contributed by atoms with E-state index in [2.05, 4.69) is 12.1 Å². The molecule has 0 aliphatic rings. The molecule has 0 aliphatic heterocycles. The number of hydrogen-bond acceptors (Lipinski definition) is 3. The second kappa shape index (κ2) is 7.73. The Hall–Kier alpha value is -0.770. The van der Waals surface area contributed by atoms with Crippen LogP contribution >= 0.6 is 35.1 Å². The van der Waals surface area contributed by atoms with Crippen LogP contribution in [0.25, 0.3) is 0 Å². The smallest absolute Gasteiger partial charge is 0.115 e. The Kier molecular flexibility index (Phi) is 5.95. The van der Waals surface area contributed by atoms with Crippen molar-refractivity contribution in [2.75, 3.05) is 11.5 Å². The summed E-state index contributed by atoms with van der Waals surface area (Å²) in [5.74, 6) is 2.51. The Morgan fingerprint density at radius 2 is 1.26 bits per heavy atom. The number of phenols is 1. The number of thioether (sulfide) groups is 2. The lowest BCUT2D eigenvalue weighted by Gasteiger charge is -2.03. The standard InChI is InChI=1S/C15H15ClOS2/c16-12-2-6-14(7-3-12)18-10-1-11-19-15-8-4-13(17)5-9-15/h2-9,17H,1,10-11H2. The zero-order valence-corrected chi connectivity index (χ0v) is 12.8. The molecule has 0 saturated heterocycles. The van der Waals surface area contributed by atoms with Crippen LogP contribution in [0.4, 0.5) is 0 Å². The van der Waals surface area contributed by atoms with Crippen LogP contribution in [0.15, 0.2) is 58.3 Å². The minimum atomic E-state index is 0.322. The van der Waals surface area contributed by atoms with Crippen molar-refractivity contribution in [3.8, 4) is 5.75 Å². The second-order valence-electron chi connectivity index (χ2n) is 4.00. The Balaban J connectivity index is 1.64. The van der Waals surface area contributed by atoms with Gasteiger partial charge in [-0.25, -0.2) is 0 Å². The summed E-state index contributed by atoms with van der Waals surface area (Å²) < 4.78 is 0. The average Bonchev–Trinajstić information content (AvgIpc) is 2.43. The lowest BCUT2D eigenvalue weighted by Crippen LogP contribution is -1.84. The first-order valence-electron chi connectivity index (χ1n) is 6.04. The van der Waals surface area contributed by atoms with Gasteiger partial charge in [-0.1, -0.05) is 11.6 Å². The fourth-order valence-corrected chi connectivity index (χ4v) is 3.53. The van der Waals surface area contributed by atoms with Crippen molar-refractivity contribution < 1.29 is 5.11 Å². The summed E-state index contributed by atoms with van der Waals surface area (Å²) >= 11 is 9.52. The van der Waals surface area contributed by atoms with Gasteiger partial charge >= 0.3 is 0 Å². The van der Waals surface area contributed by atoms with Crippen LogP contribution in [0.1, 0.15) is 6.42 Å². The predicted octanol–water partition coefficient (Wildman–Crippen LogP) is 5.32. The Labute approximate surface area is 127 Å². The van der Waals surface area contributed by atoms with Crippen molar-refractivity contribution in [1.82, 2.24) is 0 Å². The molecule has 0 aliphatic carbocycles. The van der Waals surface area contributed by atoms with Crippen molar-refractivity contribution in [2.45, 2.75) is 16.2 Å². The maximum Gasteiger partial charge on any atom is 0.115 e. The quantitative estimate of drug-likeness (QED) is 0.576. The first kappa shape index (κ1) is 14.6. The number of aromatic hydroxyl groups is 1. The Morgan fingerprint density at radius 1 is 0.789 bits per heavy atom. The molecule has 19 heavy (non-hydrogen) atoms. The van der Waals surface area contributed by atoms with E-state index in [9.17, 15) is 5.11 Å². The highest BCUT2D eigenvalue weighted by Crippen LogP contribution is 2.24. The van der Waals surface area contributed by atoms with Crippen molar-refractivity contribution in [3.05, 3.63) is 53.6 Å². The molecule has 0 fully saturated rings. The SMILES string of the molecule is Oc1ccc(SCCCSc2ccc(Cl)cc2)cc1. The zero-order valence-electron chi connectivity index (χ0n) is 10.4. The van der Waals surface area contributed by atoms with E-state index in [-0.39, 0.29) is 0 Å². The molecule has 0 aromatic heterocycles. The van der Waals surface area contributed by atoms with Crippen molar-refractivity contribution in [3.63, 3.8) is 0 Å². The van der Waals surface area contributed by atoms with Gasteiger partial charge in [0.2, 0.25) is 0 Å². The van der Waals surface area contributed by atoms with Crippen LogP contribution in [0.3, 0.4) is 0 Å². The molecule has 0 bridgehead atoms. The minimum absolute atomic E-state index is 0.322. The Morgan fingerprint density at radius 3 is 1.79 bits per heavy atom. The molecule has 0 amide bonds. The zero-order chi connectivity index (χ0) is 13.5. The minimum Gasteiger partial charge on any atom is -0.508 e. The highest BCUT2D eigenvalue weighted by atomic mass is 35.5. The molecule has 0 saturated carbocycles. The molecule has 0 radical (unpaired) electrons. The van der Waals surface area contributed by atoms with E-state index in [0.717, 1.165) is 22.9 Å². The third-order valence-corrected chi connectivity index (χ3v) is 4.93. The fraction of sp³-hybridized carbons (Fsp3) is 0.200. The van der Waals surface area contributed by atoms with Crippen LogP contribution in [0.2, 0.25) is 5.02 Å². The van der Waals surface area contributed by atoms with Gasteiger partial charge in [0.25, 0.3) is 0 Å². The molecule has 1 nitrogen and oxygen atoms in total. The summed E-state index contributed by atoms with van der Waals surface area (Å²) in [5.41, 5.74) is 0. The largest absolute Gasteiger partial charge is 0.508 e. The van der Waals surface area contributed by atoms with Crippen molar-refractivity contribution >= 4 is 35.1 Å².